The number of thioether (sulfide) groups is 1. The molecule has 2 aromatic carbocycles. The molecule has 1 aliphatic heterocycles. The zero-order chi connectivity index (χ0) is 23.8. The summed E-state index contributed by atoms with van der Waals surface area (Å²) in [6, 6.07) is 14.9. The Morgan fingerprint density at radius 1 is 0.882 bits per heavy atom. The third-order valence-electron chi connectivity index (χ3n) is 6.10. The molecule has 0 atom stereocenters. The first-order chi connectivity index (χ1) is 16.6. The fourth-order valence-electron chi connectivity index (χ4n) is 4.23. The van der Waals surface area contributed by atoms with E-state index in [1.165, 1.54) is 36.0 Å². The number of hydrogen-bond donors (Lipinski definition) is 0. The quantitative estimate of drug-likeness (QED) is 0.330. The molecule has 2 heterocycles. The SMILES string of the molecule is O=C(CSc1ncccn1)N1CCN(CCCC(c2ccc(F)cc2)c2ccc(F)cc2)CC1. The van der Waals surface area contributed by atoms with Crippen molar-refractivity contribution in [1.29, 1.82) is 0 Å². The first-order valence-electron chi connectivity index (χ1n) is 11.5. The Balaban J connectivity index is 1.25. The highest BCUT2D eigenvalue weighted by Crippen LogP contribution is 2.30. The van der Waals surface area contributed by atoms with Gasteiger partial charge in [0.1, 0.15) is 11.6 Å². The second-order valence-electron chi connectivity index (χ2n) is 8.34. The number of nitrogens with zero attached hydrogens (tertiary/aromatic N) is 4. The highest BCUT2D eigenvalue weighted by Gasteiger charge is 2.22. The van der Waals surface area contributed by atoms with Crippen LogP contribution >= 0.6 is 11.8 Å². The molecule has 0 radical (unpaired) electrons. The van der Waals surface area contributed by atoms with Gasteiger partial charge in [0, 0.05) is 44.5 Å². The zero-order valence-electron chi connectivity index (χ0n) is 18.9. The van der Waals surface area contributed by atoms with Crippen LogP contribution < -0.4 is 0 Å². The topological polar surface area (TPSA) is 49.3 Å². The third-order valence-corrected chi connectivity index (χ3v) is 6.96. The largest absolute Gasteiger partial charge is 0.339 e. The number of hydrogen-bond acceptors (Lipinski definition) is 5. The van der Waals surface area contributed by atoms with Gasteiger partial charge in [0.05, 0.1) is 5.75 Å². The Bertz CT molecular complexity index is 997. The molecular formula is C26H28F2N4OS. The van der Waals surface area contributed by atoms with Crippen molar-refractivity contribution in [2.45, 2.75) is 23.9 Å². The van der Waals surface area contributed by atoms with E-state index in [1.807, 2.05) is 29.2 Å². The van der Waals surface area contributed by atoms with Crippen molar-refractivity contribution in [3.63, 3.8) is 0 Å². The number of aromatic nitrogens is 2. The maximum atomic E-state index is 13.4. The molecule has 8 heteroatoms. The summed E-state index contributed by atoms with van der Waals surface area (Å²) in [6.45, 7) is 4.04. The molecule has 0 saturated carbocycles. The molecule has 1 amide bonds. The van der Waals surface area contributed by atoms with Gasteiger partial charge in [-0.2, -0.15) is 0 Å². The van der Waals surface area contributed by atoms with Crippen molar-refractivity contribution >= 4 is 17.7 Å². The van der Waals surface area contributed by atoms with Gasteiger partial charge in [-0.25, -0.2) is 18.7 Å². The Morgan fingerprint density at radius 2 is 1.44 bits per heavy atom. The highest BCUT2D eigenvalue weighted by molar-refractivity contribution is 7.99. The minimum absolute atomic E-state index is 0.0845. The molecule has 1 aliphatic rings. The van der Waals surface area contributed by atoms with Gasteiger partial charge < -0.3 is 4.90 Å². The normalized spacial score (nSPS) is 14.5. The minimum atomic E-state index is -0.260. The molecule has 4 rings (SSSR count). The summed E-state index contributed by atoms with van der Waals surface area (Å²) in [5, 5.41) is 0.617. The number of rotatable bonds is 9. The average molecular weight is 483 g/mol. The molecule has 34 heavy (non-hydrogen) atoms. The number of benzene rings is 2. The van der Waals surface area contributed by atoms with Crippen LogP contribution in [0.25, 0.3) is 0 Å². The van der Waals surface area contributed by atoms with Crippen LogP contribution in [-0.2, 0) is 4.79 Å². The van der Waals surface area contributed by atoms with Gasteiger partial charge in [-0.05, 0) is 60.8 Å². The Labute approximate surface area is 203 Å². The molecule has 0 bridgehead atoms. The molecule has 178 valence electrons. The van der Waals surface area contributed by atoms with Gasteiger partial charge in [-0.1, -0.05) is 36.0 Å². The van der Waals surface area contributed by atoms with Crippen LogP contribution in [0.15, 0.2) is 72.1 Å². The van der Waals surface area contributed by atoms with E-state index in [9.17, 15) is 13.6 Å². The van der Waals surface area contributed by atoms with Crippen LogP contribution in [0.2, 0.25) is 0 Å². The van der Waals surface area contributed by atoms with E-state index in [0.29, 0.717) is 24.0 Å². The number of carbonyl (C=O) groups is 1. The van der Waals surface area contributed by atoms with Crippen LogP contribution in [0.5, 0.6) is 0 Å². The summed E-state index contributed by atoms with van der Waals surface area (Å²) < 4.78 is 26.9. The molecule has 0 aliphatic carbocycles. The Morgan fingerprint density at radius 3 is 2.00 bits per heavy atom. The van der Waals surface area contributed by atoms with E-state index < -0.39 is 0 Å². The minimum Gasteiger partial charge on any atom is -0.339 e. The second kappa shape index (κ2) is 12.0. The first kappa shape index (κ1) is 24.3. The van der Waals surface area contributed by atoms with Crippen LogP contribution in [0.3, 0.4) is 0 Å². The maximum Gasteiger partial charge on any atom is 0.233 e. The summed E-state index contributed by atoms with van der Waals surface area (Å²) in [4.78, 5) is 25.1. The van der Waals surface area contributed by atoms with E-state index in [4.69, 9.17) is 0 Å². The van der Waals surface area contributed by atoms with Crippen LogP contribution in [0.1, 0.15) is 29.9 Å². The van der Waals surface area contributed by atoms with E-state index in [1.54, 1.807) is 18.5 Å². The molecule has 1 aromatic heterocycles. The molecular weight excluding hydrogens is 454 g/mol. The highest BCUT2D eigenvalue weighted by atomic mass is 32.2. The number of halogens is 2. The zero-order valence-corrected chi connectivity index (χ0v) is 19.8. The molecule has 0 spiro atoms. The second-order valence-corrected chi connectivity index (χ2v) is 9.28. The molecule has 0 unspecified atom stereocenters. The molecule has 1 fully saturated rings. The van der Waals surface area contributed by atoms with Crippen molar-refractivity contribution in [3.05, 3.63) is 89.8 Å². The van der Waals surface area contributed by atoms with Crippen molar-refractivity contribution in [3.8, 4) is 0 Å². The van der Waals surface area contributed by atoms with Crippen molar-refractivity contribution in [2.75, 3.05) is 38.5 Å². The van der Waals surface area contributed by atoms with E-state index >= 15 is 0 Å². The first-order valence-corrected chi connectivity index (χ1v) is 12.5. The molecule has 1 saturated heterocycles. The predicted molar refractivity (Wildman–Crippen MR) is 130 cm³/mol. The van der Waals surface area contributed by atoms with Crippen LogP contribution in [-0.4, -0.2) is 64.2 Å². The molecule has 5 nitrogen and oxygen atoms in total. The molecule has 0 N–H and O–H groups in total. The Kier molecular flexibility index (Phi) is 8.60. The smallest absolute Gasteiger partial charge is 0.233 e. The maximum absolute atomic E-state index is 13.4. The molecule has 3 aromatic rings. The van der Waals surface area contributed by atoms with Gasteiger partial charge in [-0.3, -0.25) is 9.69 Å². The number of piperazine rings is 1. The van der Waals surface area contributed by atoms with Crippen molar-refractivity contribution < 1.29 is 13.6 Å². The van der Waals surface area contributed by atoms with Gasteiger partial charge in [0.25, 0.3) is 0 Å². The van der Waals surface area contributed by atoms with Crippen LogP contribution in [0, 0.1) is 11.6 Å². The van der Waals surface area contributed by atoms with Crippen LogP contribution in [0.4, 0.5) is 8.78 Å². The van der Waals surface area contributed by atoms with Gasteiger partial charge in [0.2, 0.25) is 5.91 Å². The third kappa shape index (κ3) is 6.84. The van der Waals surface area contributed by atoms with E-state index in [0.717, 1.165) is 43.6 Å². The number of amides is 1. The van der Waals surface area contributed by atoms with Crippen molar-refractivity contribution in [1.82, 2.24) is 19.8 Å². The van der Waals surface area contributed by atoms with E-state index in [2.05, 4.69) is 14.9 Å². The summed E-state index contributed by atoms with van der Waals surface area (Å²) in [5.41, 5.74) is 2.06. The van der Waals surface area contributed by atoms with Gasteiger partial charge in [0.15, 0.2) is 5.16 Å². The summed E-state index contributed by atoms with van der Waals surface area (Å²) >= 11 is 1.36. The van der Waals surface area contributed by atoms with Crippen molar-refractivity contribution in [2.24, 2.45) is 0 Å². The summed E-state index contributed by atoms with van der Waals surface area (Å²) in [5.74, 6) is 0.0274. The van der Waals surface area contributed by atoms with E-state index in [-0.39, 0.29) is 23.5 Å². The fourth-order valence-corrected chi connectivity index (χ4v) is 4.94. The summed E-state index contributed by atoms with van der Waals surface area (Å²) in [7, 11) is 0. The van der Waals surface area contributed by atoms with Gasteiger partial charge >= 0.3 is 0 Å². The monoisotopic (exact) mass is 482 g/mol. The average Bonchev–Trinajstić information content (AvgIpc) is 2.88. The lowest BCUT2D eigenvalue weighted by atomic mass is 9.87. The predicted octanol–water partition coefficient (Wildman–Crippen LogP) is 4.60. The Hall–Kier alpha value is -2.84. The lowest BCUT2D eigenvalue weighted by Crippen LogP contribution is -2.49. The van der Waals surface area contributed by atoms with Gasteiger partial charge in [-0.15, -0.1) is 0 Å². The standard InChI is InChI=1S/C26H28F2N4OS/c27-22-8-4-20(5-9-22)24(21-6-10-23(28)11-7-21)3-1-14-31-15-17-32(18-16-31)25(33)19-34-26-29-12-2-13-30-26/h2,4-13,24H,1,3,14-19H2. The number of carbonyl (C=O) groups excluding carboxylic acids is 1. The lowest BCUT2D eigenvalue weighted by Gasteiger charge is -2.35. The lowest BCUT2D eigenvalue weighted by molar-refractivity contribution is -0.130. The summed E-state index contributed by atoms with van der Waals surface area (Å²) in [6.07, 6.45) is 5.18. The fraction of sp³-hybridized carbons (Fsp3) is 0.346.